The number of amides is 1. The van der Waals surface area contributed by atoms with E-state index in [2.05, 4.69) is 10.4 Å². The maximum atomic E-state index is 12.8. The summed E-state index contributed by atoms with van der Waals surface area (Å²) in [7, 11) is 1.76. The topological polar surface area (TPSA) is 76.4 Å². The molecule has 31 heavy (non-hydrogen) atoms. The Kier molecular flexibility index (Phi) is 6.67. The van der Waals surface area contributed by atoms with Crippen molar-refractivity contribution in [2.24, 2.45) is 13.0 Å². The van der Waals surface area contributed by atoms with Crippen molar-refractivity contribution in [3.8, 4) is 11.5 Å². The average Bonchev–Trinajstić information content (AvgIpc) is 3.46. The van der Waals surface area contributed by atoms with Crippen LogP contribution in [0.25, 0.3) is 0 Å². The fourth-order valence-corrected chi connectivity index (χ4v) is 4.23. The number of nitrogens with zero attached hydrogens (tertiary/aromatic N) is 2. The van der Waals surface area contributed by atoms with E-state index in [0.29, 0.717) is 11.5 Å². The van der Waals surface area contributed by atoms with Crippen molar-refractivity contribution in [1.82, 2.24) is 15.1 Å². The lowest BCUT2D eigenvalue weighted by atomic mass is 9.93. The fourth-order valence-electron chi connectivity index (χ4n) is 4.23. The summed E-state index contributed by atoms with van der Waals surface area (Å²) in [5.41, 5.74) is 1.50. The summed E-state index contributed by atoms with van der Waals surface area (Å²) in [6.45, 7) is 0. The Morgan fingerprint density at radius 3 is 2.42 bits per heavy atom. The van der Waals surface area contributed by atoms with Crippen molar-refractivity contribution >= 4 is 5.91 Å². The second-order valence-electron chi connectivity index (χ2n) is 8.28. The van der Waals surface area contributed by atoms with Crippen molar-refractivity contribution in [2.75, 3.05) is 0 Å². The molecule has 1 saturated carbocycles. The summed E-state index contributed by atoms with van der Waals surface area (Å²) in [6, 6.07) is 17.3. The molecule has 1 amide bonds. The summed E-state index contributed by atoms with van der Waals surface area (Å²) in [6.07, 6.45) is 7.67. The normalized spacial score (nSPS) is 16.1. The van der Waals surface area contributed by atoms with E-state index in [-0.39, 0.29) is 6.04 Å². The predicted octanol–water partition coefficient (Wildman–Crippen LogP) is 4.68. The lowest BCUT2D eigenvalue weighted by Crippen LogP contribution is -2.33. The maximum absolute atomic E-state index is 12.8. The number of para-hydroxylation sites is 1. The minimum absolute atomic E-state index is 0.160. The first-order valence-corrected chi connectivity index (χ1v) is 10.9. The quantitative estimate of drug-likeness (QED) is 0.556. The number of nitrogens with one attached hydrogen (secondary N) is 1. The van der Waals surface area contributed by atoms with Crippen LogP contribution >= 0.6 is 0 Å². The second kappa shape index (κ2) is 9.79. The highest BCUT2D eigenvalue weighted by Gasteiger charge is 2.26. The van der Waals surface area contributed by atoms with Crippen LogP contribution in [0.3, 0.4) is 0 Å². The Labute approximate surface area is 182 Å². The SMILES string of the molecule is Cn1cc(C(O)C(=O)NC(CC2CCCC2)c2ccc(Oc3ccccc3)cc2)cn1. The van der Waals surface area contributed by atoms with Gasteiger partial charge in [-0.3, -0.25) is 9.48 Å². The van der Waals surface area contributed by atoms with Crippen LogP contribution in [0.5, 0.6) is 11.5 Å². The van der Waals surface area contributed by atoms with E-state index in [1.54, 1.807) is 17.9 Å². The molecule has 2 aromatic carbocycles. The molecule has 2 atom stereocenters. The van der Waals surface area contributed by atoms with Gasteiger partial charge in [0.25, 0.3) is 5.91 Å². The van der Waals surface area contributed by atoms with Gasteiger partial charge in [0, 0.05) is 18.8 Å². The van der Waals surface area contributed by atoms with Gasteiger partial charge in [0.15, 0.2) is 6.10 Å². The smallest absolute Gasteiger partial charge is 0.254 e. The third-order valence-electron chi connectivity index (χ3n) is 5.91. The molecule has 0 aliphatic heterocycles. The van der Waals surface area contributed by atoms with Crippen molar-refractivity contribution in [2.45, 2.75) is 44.2 Å². The van der Waals surface area contributed by atoms with Crippen molar-refractivity contribution in [3.63, 3.8) is 0 Å². The van der Waals surface area contributed by atoms with Crippen LogP contribution in [0.4, 0.5) is 0 Å². The molecule has 2 N–H and O–H groups in total. The van der Waals surface area contributed by atoms with Gasteiger partial charge in [-0.2, -0.15) is 5.10 Å². The summed E-state index contributed by atoms with van der Waals surface area (Å²) in [5, 5.41) is 17.6. The first-order valence-electron chi connectivity index (χ1n) is 10.9. The summed E-state index contributed by atoms with van der Waals surface area (Å²) < 4.78 is 7.47. The molecule has 2 unspecified atom stereocenters. The number of aliphatic hydroxyl groups excluding tert-OH is 1. The van der Waals surface area contributed by atoms with Crippen LogP contribution in [0, 0.1) is 5.92 Å². The number of rotatable bonds is 8. The number of carbonyl (C=O) groups is 1. The number of hydrogen-bond donors (Lipinski definition) is 2. The molecule has 6 heteroatoms. The second-order valence-corrected chi connectivity index (χ2v) is 8.28. The molecule has 0 saturated heterocycles. The zero-order valence-electron chi connectivity index (χ0n) is 17.8. The molecule has 1 aliphatic rings. The molecule has 6 nitrogen and oxygen atoms in total. The van der Waals surface area contributed by atoms with Gasteiger partial charge in [-0.25, -0.2) is 0 Å². The van der Waals surface area contributed by atoms with Crippen LogP contribution in [0.2, 0.25) is 0 Å². The van der Waals surface area contributed by atoms with E-state index in [0.717, 1.165) is 23.5 Å². The van der Waals surface area contributed by atoms with Gasteiger partial charge in [-0.15, -0.1) is 0 Å². The van der Waals surface area contributed by atoms with E-state index in [4.69, 9.17) is 4.74 Å². The first kappa shape index (κ1) is 21.1. The van der Waals surface area contributed by atoms with Crippen LogP contribution in [0.15, 0.2) is 67.0 Å². The molecule has 3 aromatic rings. The molecule has 4 rings (SSSR count). The Morgan fingerprint density at radius 2 is 1.77 bits per heavy atom. The third kappa shape index (κ3) is 5.52. The number of ether oxygens (including phenoxy) is 1. The number of aryl methyl sites for hydroxylation is 1. The summed E-state index contributed by atoms with van der Waals surface area (Å²) >= 11 is 0. The number of aliphatic hydroxyl groups is 1. The Bertz CT molecular complexity index is 979. The predicted molar refractivity (Wildman–Crippen MR) is 119 cm³/mol. The molecule has 1 aromatic heterocycles. The molecule has 0 radical (unpaired) electrons. The first-order chi connectivity index (χ1) is 15.1. The number of benzene rings is 2. The van der Waals surface area contributed by atoms with Gasteiger partial charge in [0.05, 0.1) is 12.2 Å². The highest BCUT2D eigenvalue weighted by atomic mass is 16.5. The molecular formula is C25H29N3O3. The Hall–Kier alpha value is -3.12. The monoisotopic (exact) mass is 419 g/mol. The minimum atomic E-state index is -1.24. The molecule has 0 spiro atoms. The number of aromatic nitrogens is 2. The zero-order chi connectivity index (χ0) is 21.6. The van der Waals surface area contributed by atoms with Crippen molar-refractivity contribution < 1.29 is 14.6 Å². The van der Waals surface area contributed by atoms with Gasteiger partial charge in [0.2, 0.25) is 0 Å². The number of hydrogen-bond acceptors (Lipinski definition) is 4. The zero-order valence-corrected chi connectivity index (χ0v) is 17.8. The van der Waals surface area contributed by atoms with Crippen LogP contribution in [-0.2, 0) is 11.8 Å². The van der Waals surface area contributed by atoms with E-state index >= 15 is 0 Å². The molecule has 1 aliphatic carbocycles. The minimum Gasteiger partial charge on any atom is -0.457 e. The summed E-state index contributed by atoms with van der Waals surface area (Å²) in [5.74, 6) is 1.71. The van der Waals surface area contributed by atoms with Gasteiger partial charge in [-0.1, -0.05) is 56.0 Å². The largest absolute Gasteiger partial charge is 0.457 e. The van der Waals surface area contributed by atoms with Crippen molar-refractivity contribution in [3.05, 3.63) is 78.1 Å². The Balaban J connectivity index is 1.48. The third-order valence-corrected chi connectivity index (χ3v) is 5.91. The molecule has 0 bridgehead atoms. The average molecular weight is 420 g/mol. The Morgan fingerprint density at radius 1 is 1.10 bits per heavy atom. The van der Waals surface area contributed by atoms with Gasteiger partial charge in [-0.05, 0) is 42.2 Å². The van der Waals surface area contributed by atoms with Crippen LogP contribution < -0.4 is 10.1 Å². The molecular weight excluding hydrogens is 390 g/mol. The highest BCUT2D eigenvalue weighted by molar-refractivity contribution is 5.82. The van der Waals surface area contributed by atoms with E-state index in [9.17, 15) is 9.90 Å². The lowest BCUT2D eigenvalue weighted by Gasteiger charge is -2.24. The van der Waals surface area contributed by atoms with Gasteiger partial charge < -0.3 is 15.2 Å². The molecule has 1 fully saturated rings. The van der Waals surface area contributed by atoms with Crippen molar-refractivity contribution in [1.29, 1.82) is 0 Å². The van der Waals surface area contributed by atoms with E-state index < -0.39 is 12.0 Å². The van der Waals surface area contributed by atoms with E-state index in [1.807, 2.05) is 54.6 Å². The maximum Gasteiger partial charge on any atom is 0.254 e. The number of carbonyl (C=O) groups excluding carboxylic acids is 1. The van der Waals surface area contributed by atoms with Gasteiger partial charge >= 0.3 is 0 Å². The molecule has 1 heterocycles. The van der Waals surface area contributed by atoms with Crippen LogP contribution in [0.1, 0.15) is 55.4 Å². The van der Waals surface area contributed by atoms with Gasteiger partial charge in [0.1, 0.15) is 11.5 Å². The fraction of sp³-hybridized carbons (Fsp3) is 0.360. The lowest BCUT2D eigenvalue weighted by molar-refractivity contribution is -0.130. The standard InChI is InChI=1S/C25H29N3O3/c1-28-17-20(16-26-28)24(29)25(30)27-23(15-18-7-5-6-8-18)19-11-13-22(14-12-19)31-21-9-3-2-4-10-21/h2-4,9-14,16-18,23-24,29H,5-8,15H2,1H3,(H,27,30). The summed E-state index contributed by atoms with van der Waals surface area (Å²) in [4.78, 5) is 12.8. The molecule has 162 valence electrons. The highest BCUT2D eigenvalue weighted by Crippen LogP contribution is 2.34. The van der Waals surface area contributed by atoms with E-state index in [1.165, 1.54) is 31.9 Å². The van der Waals surface area contributed by atoms with Crippen LogP contribution in [-0.4, -0.2) is 20.8 Å².